The van der Waals surface area contributed by atoms with Crippen LogP contribution in [0.2, 0.25) is 5.02 Å². The number of carbonyl (C=O) groups is 1. The first kappa shape index (κ1) is 10.9. The summed E-state index contributed by atoms with van der Waals surface area (Å²) < 4.78 is 4.97. The lowest BCUT2D eigenvalue weighted by Gasteiger charge is -2.10. The van der Waals surface area contributed by atoms with Crippen LogP contribution in [0.1, 0.15) is 5.56 Å². The lowest BCUT2D eigenvalue weighted by atomic mass is 10.2. The molecule has 0 N–H and O–H groups in total. The Labute approximate surface area is 88.2 Å². The molecule has 1 amide bonds. The Balaban J connectivity index is 2.50. The Hall–Kier alpha value is -1.22. The quantitative estimate of drug-likeness (QED) is 0.756. The van der Waals surface area contributed by atoms with Gasteiger partial charge in [-0.15, -0.1) is 0 Å². The summed E-state index contributed by atoms with van der Waals surface area (Å²) in [6.45, 7) is 0.248. The van der Waals surface area contributed by atoms with Gasteiger partial charge in [0.25, 0.3) is 0 Å². The zero-order chi connectivity index (χ0) is 10.6. The fourth-order valence-corrected chi connectivity index (χ4v) is 1.11. The van der Waals surface area contributed by atoms with Gasteiger partial charge in [-0.3, -0.25) is 0 Å². The van der Waals surface area contributed by atoms with Gasteiger partial charge in [-0.25, -0.2) is 4.79 Å². The summed E-state index contributed by atoms with van der Waals surface area (Å²) >= 11 is 5.77. The predicted molar refractivity (Wildman–Crippen MR) is 55.3 cm³/mol. The van der Waals surface area contributed by atoms with Gasteiger partial charge in [0.1, 0.15) is 6.61 Å². The SMILES string of the molecule is CN(C)C(=O)OCc1cccc(Cl)c1. The van der Waals surface area contributed by atoms with Gasteiger partial charge >= 0.3 is 6.09 Å². The molecular formula is C10H12ClNO2. The van der Waals surface area contributed by atoms with Gasteiger partial charge in [-0.1, -0.05) is 23.7 Å². The predicted octanol–water partition coefficient (Wildman–Crippen LogP) is 2.54. The van der Waals surface area contributed by atoms with E-state index in [1.165, 1.54) is 4.90 Å². The van der Waals surface area contributed by atoms with E-state index in [1.54, 1.807) is 26.2 Å². The van der Waals surface area contributed by atoms with Crippen LogP contribution in [0, 0.1) is 0 Å². The fourth-order valence-electron chi connectivity index (χ4n) is 0.901. The summed E-state index contributed by atoms with van der Waals surface area (Å²) in [7, 11) is 3.28. The van der Waals surface area contributed by atoms with Crippen LogP contribution in [-0.4, -0.2) is 25.1 Å². The molecule has 4 heteroatoms. The molecule has 0 heterocycles. The second kappa shape index (κ2) is 4.86. The molecule has 0 aliphatic heterocycles. The van der Waals surface area contributed by atoms with E-state index in [0.717, 1.165) is 5.56 Å². The molecule has 1 aromatic carbocycles. The van der Waals surface area contributed by atoms with Crippen molar-refractivity contribution >= 4 is 17.7 Å². The molecule has 0 aliphatic carbocycles. The second-order valence-electron chi connectivity index (χ2n) is 3.08. The molecule has 3 nitrogen and oxygen atoms in total. The van der Waals surface area contributed by atoms with Crippen molar-refractivity contribution in [3.8, 4) is 0 Å². The highest BCUT2D eigenvalue weighted by atomic mass is 35.5. The summed E-state index contributed by atoms with van der Waals surface area (Å²) in [6, 6.07) is 7.22. The maximum Gasteiger partial charge on any atom is 0.409 e. The molecule has 0 unspecified atom stereocenters. The van der Waals surface area contributed by atoms with Crippen molar-refractivity contribution in [3.63, 3.8) is 0 Å². The number of carbonyl (C=O) groups excluding carboxylic acids is 1. The van der Waals surface area contributed by atoms with Crippen LogP contribution in [0.4, 0.5) is 4.79 Å². The topological polar surface area (TPSA) is 29.5 Å². The minimum Gasteiger partial charge on any atom is -0.445 e. The monoisotopic (exact) mass is 213 g/mol. The van der Waals surface area contributed by atoms with Gasteiger partial charge in [0.05, 0.1) is 0 Å². The molecule has 1 rings (SSSR count). The largest absolute Gasteiger partial charge is 0.445 e. The van der Waals surface area contributed by atoms with Crippen molar-refractivity contribution in [1.82, 2.24) is 4.90 Å². The molecule has 0 aromatic heterocycles. The first-order valence-electron chi connectivity index (χ1n) is 4.18. The Morgan fingerprint density at radius 1 is 1.50 bits per heavy atom. The lowest BCUT2D eigenvalue weighted by Crippen LogP contribution is -2.22. The molecular weight excluding hydrogens is 202 g/mol. The number of benzene rings is 1. The van der Waals surface area contributed by atoms with Crippen LogP contribution in [0.25, 0.3) is 0 Å². The highest BCUT2D eigenvalue weighted by molar-refractivity contribution is 6.30. The molecule has 0 aliphatic rings. The van der Waals surface area contributed by atoms with Crippen LogP contribution < -0.4 is 0 Å². The van der Waals surface area contributed by atoms with Crippen LogP contribution in [0.5, 0.6) is 0 Å². The first-order chi connectivity index (χ1) is 6.59. The summed E-state index contributed by atoms with van der Waals surface area (Å²) in [5.74, 6) is 0. The molecule has 76 valence electrons. The molecule has 0 atom stereocenters. The summed E-state index contributed by atoms with van der Waals surface area (Å²) in [5.41, 5.74) is 0.882. The molecule has 0 bridgehead atoms. The number of rotatable bonds is 2. The Morgan fingerprint density at radius 3 is 2.79 bits per heavy atom. The van der Waals surface area contributed by atoms with Gasteiger partial charge in [0, 0.05) is 19.1 Å². The average Bonchev–Trinajstić information content (AvgIpc) is 2.14. The molecule has 0 radical (unpaired) electrons. The maximum atomic E-state index is 11.1. The third kappa shape index (κ3) is 3.26. The molecule has 0 spiro atoms. The third-order valence-corrected chi connectivity index (χ3v) is 1.85. The lowest BCUT2D eigenvalue weighted by molar-refractivity contribution is 0.112. The normalized spacial score (nSPS) is 9.64. The average molecular weight is 214 g/mol. The number of halogens is 1. The second-order valence-corrected chi connectivity index (χ2v) is 3.52. The van der Waals surface area contributed by atoms with Crippen molar-refractivity contribution in [1.29, 1.82) is 0 Å². The number of ether oxygens (including phenoxy) is 1. The van der Waals surface area contributed by atoms with E-state index in [9.17, 15) is 4.79 Å². The summed E-state index contributed by atoms with van der Waals surface area (Å²) in [4.78, 5) is 12.5. The van der Waals surface area contributed by atoms with E-state index in [0.29, 0.717) is 5.02 Å². The Morgan fingerprint density at radius 2 is 2.21 bits per heavy atom. The highest BCUT2D eigenvalue weighted by Crippen LogP contribution is 2.11. The molecule has 0 saturated heterocycles. The minimum atomic E-state index is -0.357. The van der Waals surface area contributed by atoms with Crippen LogP contribution >= 0.6 is 11.6 Å². The third-order valence-electron chi connectivity index (χ3n) is 1.62. The number of amides is 1. The van der Waals surface area contributed by atoms with Crippen molar-refractivity contribution in [2.45, 2.75) is 6.61 Å². The summed E-state index contributed by atoms with van der Waals surface area (Å²) in [5, 5.41) is 0.642. The Kier molecular flexibility index (Phi) is 3.77. The van der Waals surface area contributed by atoms with Gasteiger partial charge in [0.15, 0.2) is 0 Å². The molecule has 0 fully saturated rings. The zero-order valence-electron chi connectivity index (χ0n) is 8.16. The van der Waals surface area contributed by atoms with E-state index in [-0.39, 0.29) is 12.7 Å². The number of hydrogen-bond donors (Lipinski definition) is 0. The van der Waals surface area contributed by atoms with Crippen LogP contribution in [0.3, 0.4) is 0 Å². The van der Waals surface area contributed by atoms with Crippen molar-refractivity contribution < 1.29 is 9.53 Å². The fraction of sp³-hybridized carbons (Fsp3) is 0.300. The first-order valence-corrected chi connectivity index (χ1v) is 4.56. The van der Waals surface area contributed by atoms with Crippen LogP contribution in [-0.2, 0) is 11.3 Å². The van der Waals surface area contributed by atoms with Crippen molar-refractivity contribution in [2.75, 3.05) is 14.1 Å². The van der Waals surface area contributed by atoms with E-state index in [4.69, 9.17) is 16.3 Å². The molecule has 1 aromatic rings. The van der Waals surface area contributed by atoms with Gasteiger partial charge in [0.2, 0.25) is 0 Å². The number of hydrogen-bond acceptors (Lipinski definition) is 2. The number of nitrogens with zero attached hydrogens (tertiary/aromatic N) is 1. The zero-order valence-corrected chi connectivity index (χ0v) is 8.91. The van der Waals surface area contributed by atoms with E-state index in [1.807, 2.05) is 12.1 Å². The summed E-state index contributed by atoms with van der Waals surface area (Å²) in [6.07, 6.45) is -0.357. The van der Waals surface area contributed by atoms with Gasteiger partial charge < -0.3 is 9.64 Å². The van der Waals surface area contributed by atoms with E-state index < -0.39 is 0 Å². The van der Waals surface area contributed by atoms with Crippen molar-refractivity contribution in [2.24, 2.45) is 0 Å². The molecule has 14 heavy (non-hydrogen) atoms. The standard InChI is InChI=1S/C10H12ClNO2/c1-12(2)10(13)14-7-8-4-3-5-9(11)6-8/h3-6H,7H2,1-2H3. The smallest absolute Gasteiger partial charge is 0.409 e. The van der Waals surface area contributed by atoms with Gasteiger partial charge in [-0.2, -0.15) is 0 Å². The molecule has 0 saturated carbocycles. The van der Waals surface area contributed by atoms with Crippen LogP contribution in [0.15, 0.2) is 24.3 Å². The van der Waals surface area contributed by atoms with E-state index in [2.05, 4.69) is 0 Å². The van der Waals surface area contributed by atoms with Crippen molar-refractivity contribution in [3.05, 3.63) is 34.9 Å². The maximum absolute atomic E-state index is 11.1. The Bertz CT molecular complexity index is 326. The minimum absolute atomic E-state index is 0.248. The van der Waals surface area contributed by atoms with E-state index >= 15 is 0 Å². The van der Waals surface area contributed by atoms with Gasteiger partial charge in [-0.05, 0) is 17.7 Å². The highest BCUT2D eigenvalue weighted by Gasteiger charge is 2.04.